The SMILES string of the molecule is C(CCOOCC1CO1)COOCC1CO1. The molecule has 6 nitrogen and oxygen atoms in total. The third kappa shape index (κ3) is 6.37. The van der Waals surface area contributed by atoms with Crippen molar-refractivity contribution in [2.45, 2.75) is 25.0 Å². The minimum absolute atomic E-state index is 0.251. The molecule has 0 N–H and O–H groups in total. The summed E-state index contributed by atoms with van der Waals surface area (Å²) in [6.07, 6.45) is 2.27. The largest absolute Gasteiger partial charge is 0.370 e. The molecule has 2 aliphatic heterocycles. The summed E-state index contributed by atoms with van der Waals surface area (Å²) in [6, 6.07) is 0. The lowest BCUT2D eigenvalue weighted by molar-refractivity contribution is -0.305. The van der Waals surface area contributed by atoms with Crippen molar-refractivity contribution in [3.8, 4) is 0 Å². The molecule has 0 aliphatic carbocycles. The Morgan fingerprint density at radius 1 is 0.750 bits per heavy atom. The lowest BCUT2D eigenvalue weighted by Gasteiger charge is -2.03. The number of hydrogen-bond donors (Lipinski definition) is 0. The highest BCUT2D eigenvalue weighted by molar-refractivity contribution is 4.66. The van der Waals surface area contributed by atoms with Crippen molar-refractivity contribution in [3.05, 3.63) is 0 Å². The summed E-state index contributed by atoms with van der Waals surface area (Å²) >= 11 is 0. The van der Waals surface area contributed by atoms with Gasteiger partial charge in [-0.1, -0.05) is 0 Å². The zero-order valence-corrected chi connectivity index (χ0v) is 9.26. The van der Waals surface area contributed by atoms with Crippen LogP contribution in [0.25, 0.3) is 0 Å². The van der Waals surface area contributed by atoms with Crippen molar-refractivity contribution < 1.29 is 29.0 Å². The molecule has 0 amide bonds. The fourth-order valence-corrected chi connectivity index (χ4v) is 1.02. The summed E-state index contributed by atoms with van der Waals surface area (Å²) in [5.74, 6) is 0. The lowest BCUT2D eigenvalue weighted by atomic mass is 10.3. The van der Waals surface area contributed by atoms with Gasteiger partial charge in [0, 0.05) is 0 Å². The molecule has 6 heteroatoms. The zero-order valence-electron chi connectivity index (χ0n) is 9.26. The molecule has 2 atom stereocenters. The Morgan fingerprint density at radius 3 is 1.56 bits per heavy atom. The van der Waals surface area contributed by atoms with E-state index in [-0.39, 0.29) is 12.2 Å². The molecule has 2 aliphatic rings. The molecule has 2 unspecified atom stereocenters. The van der Waals surface area contributed by atoms with Gasteiger partial charge in [-0.05, 0) is 12.8 Å². The first kappa shape index (κ1) is 12.2. The predicted molar refractivity (Wildman–Crippen MR) is 52.5 cm³/mol. The van der Waals surface area contributed by atoms with Crippen LogP contribution in [0, 0.1) is 0 Å². The van der Waals surface area contributed by atoms with Gasteiger partial charge in [0.2, 0.25) is 0 Å². The topological polar surface area (TPSA) is 62.0 Å². The van der Waals surface area contributed by atoms with E-state index >= 15 is 0 Å². The second kappa shape index (κ2) is 7.16. The van der Waals surface area contributed by atoms with Crippen LogP contribution in [0.15, 0.2) is 0 Å². The molecule has 0 aromatic rings. The molecule has 0 saturated carbocycles. The van der Waals surface area contributed by atoms with Crippen molar-refractivity contribution in [2.75, 3.05) is 39.6 Å². The third-order valence-electron chi connectivity index (χ3n) is 2.18. The molecule has 0 spiro atoms. The first-order valence-electron chi connectivity index (χ1n) is 5.67. The first-order chi connectivity index (χ1) is 7.95. The van der Waals surface area contributed by atoms with Gasteiger partial charge in [0.25, 0.3) is 0 Å². The van der Waals surface area contributed by atoms with E-state index in [1.165, 1.54) is 0 Å². The van der Waals surface area contributed by atoms with E-state index in [1.54, 1.807) is 0 Å². The second-order valence-electron chi connectivity index (χ2n) is 3.83. The molecular formula is C10H18O6. The van der Waals surface area contributed by atoms with Crippen LogP contribution in [-0.4, -0.2) is 51.8 Å². The quantitative estimate of drug-likeness (QED) is 0.224. The standard InChI is InChI=1S/C10H18O6/c1(3-13-15-7-9-5-11-9)2-4-14-16-8-10-6-12-10/h9-10H,1-8H2. The Labute approximate surface area is 94.6 Å². The average molecular weight is 234 g/mol. The number of hydrogen-bond acceptors (Lipinski definition) is 6. The fraction of sp³-hybridized carbons (Fsp3) is 1.00. The summed E-state index contributed by atoms with van der Waals surface area (Å²) in [5.41, 5.74) is 0. The Hall–Kier alpha value is -0.240. The van der Waals surface area contributed by atoms with Crippen molar-refractivity contribution in [2.24, 2.45) is 0 Å². The Morgan fingerprint density at radius 2 is 1.19 bits per heavy atom. The van der Waals surface area contributed by atoms with Gasteiger partial charge in [-0.2, -0.15) is 0 Å². The summed E-state index contributed by atoms with van der Waals surface area (Å²) < 4.78 is 9.91. The Balaban J connectivity index is 1.22. The fourth-order valence-electron chi connectivity index (χ4n) is 1.02. The molecule has 0 aromatic carbocycles. The number of epoxide rings is 2. The van der Waals surface area contributed by atoms with E-state index < -0.39 is 0 Å². The van der Waals surface area contributed by atoms with Gasteiger partial charge in [0.15, 0.2) is 0 Å². The number of ether oxygens (including phenoxy) is 2. The van der Waals surface area contributed by atoms with Crippen LogP contribution in [0.1, 0.15) is 12.8 Å². The molecule has 94 valence electrons. The van der Waals surface area contributed by atoms with Gasteiger partial charge >= 0.3 is 0 Å². The summed E-state index contributed by atoms with van der Waals surface area (Å²) in [5, 5.41) is 0. The molecule has 0 bridgehead atoms. The minimum Gasteiger partial charge on any atom is -0.370 e. The van der Waals surface area contributed by atoms with Crippen LogP contribution >= 0.6 is 0 Å². The molecule has 2 heterocycles. The van der Waals surface area contributed by atoms with Crippen LogP contribution in [-0.2, 0) is 29.0 Å². The highest BCUT2D eigenvalue weighted by Gasteiger charge is 2.23. The highest BCUT2D eigenvalue weighted by atomic mass is 17.2. The van der Waals surface area contributed by atoms with Gasteiger partial charge in [0.1, 0.15) is 25.4 Å². The summed E-state index contributed by atoms with van der Waals surface area (Å²) in [6.45, 7) is 3.78. The number of unbranched alkanes of at least 4 members (excludes halogenated alkanes) is 1. The van der Waals surface area contributed by atoms with E-state index in [0.717, 1.165) is 26.1 Å². The van der Waals surface area contributed by atoms with Crippen LogP contribution in [0.2, 0.25) is 0 Å². The highest BCUT2D eigenvalue weighted by Crippen LogP contribution is 2.09. The van der Waals surface area contributed by atoms with E-state index in [2.05, 4.69) is 0 Å². The van der Waals surface area contributed by atoms with E-state index in [9.17, 15) is 0 Å². The molecule has 2 saturated heterocycles. The maximum atomic E-state index is 4.95. The van der Waals surface area contributed by atoms with Gasteiger partial charge in [-0.25, -0.2) is 19.6 Å². The second-order valence-corrected chi connectivity index (χ2v) is 3.83. The monoisotopic (exact) mass is 234 g/mol. The van der Waals surface area contributed by atoms with Gasteiger partial charge in [-0.3, -0.25) is 0 Å². The third-order valence-corrected chi connectivity index (χ3v) is 2.18. The molecule has 16 heavy (non-hydrogen) atoms. The van der Waals surface area contributed by atoms with Crippen LogP contribution in [0.4, 0.5) is 0 Å². The summed E-state index contributed by atoms with van der Waals surface area (Å²) in [4.78, 5) is 19.7. The van der Waals surface area contributed by atoms with Crippen molar-refractivity contribution in [3.63, 3.8) is 0 Å². The van der Waals surface area contributed by atoms with Gasteiger partial charge in [-0.15, -0.1) is 0 Å². The maximum Gasteiger partial charge on any atom is 0.111 e. The van der Waals surface area contributed by atoms with Crippen LogP contribution < -0.4 is 0 Å². The maximum absolute atomic E-state index is 4.95. The molecule has 0 radical (unpaired) electrons. The van der Waals surface area contributed by atoms with Gasteiger partial charge < -0.3 is 9.47 Å². The van der Waals surface area contributed by atoms with Crippen LogP contribution in [0.5, 0.6) is 0 Å². The molecule has 0 aromatic heterocycles. The van der Waals surface area contributed by atoms with Crippen molar-refractivity contribution in [1.29, 1.82) is 0 Å². The van der Waals surface area contributed by atoms with E-state index in [1.807, 2.05) is 0 Å². The normalized spacial score (nSPS) is 27.0. The van der Waals surface area contributed by atoms with E-state index in [0.29, 0.717) is 26.4 Å². The molecule has 2 rings (SSSR count). The Kier molecular flexibility index (Phi) is 5.47. The molecular weight excluding hydrogens is 216 g/mol. The van der Waals surface area contributed by atoms with Gasteiger partial charge in [0.05, 0.1) is 26.4 Å². The molecule has 2 fully saturated rings. The van der Waals surface area contributed by atoms with E-state index in [4.69, 9.17) is 29.0 Å². The minimum atomic E-state index is 0.251. The van der Waals surface area contributed by atoms with Crippen molar-refractivity contribution in [1.82, 2.24) is 0 Å². The first-order valence-corrected chi connectivity index (χ1v) is 5.67. The van der Waals surface area contributed by atoms with Crippen molar-refractivity contribution >= 4 is 0 Å². The zero-order chi connectivity index (χ0) is 11.1. The number of rotatable bonds is 11. The lowest BCUT2D eigenvalue weighted by Crippen LogP contribution is -2.06. The average Bonchev–Trinajstić information content (AvgIpc) is 3.14. The smallest absolute Gasteiger partial charge is 0.111 e. The Bertz CT molecular complexity index is 160. The summed E-state index contributed by atoms with van der Waals surface area (Å²) in [7, 11) is 0. The van der Waals surface area contributed by atoms with Crippen LogP contribution in [0.3, 0.4) is 0 Å². The predicted octanol–water partition coefficient (Wildman–Crippen LogP) is 0.461.